The Bertz CT molecular complexity index is 597. The molecular formula is C19H28Cl2N2O. The van der Waals surface area contributed by atoms with E-state index in [9.17, 15) is 4.79 Å². The topological polar surface area (TPSA) is 46.3 Å². The van der Waals surface area contributed by atoms with Gasteiger partial charge in [-0.2, -0.15) is 0 Å². The summed E-state index contributed by atoms with van der Waals surface area (Å²) in [6, 6.07) is 8.04. The fourth-order valence-electron chi connectivity index (χ4n) is 4.24. The Morgan fingerprint density at radius 3 is 2.54 bits per heavy atom. The van der Waals surface area contributed by atoms with Crippen molar-refractivity contribution < 1.29 is 4.79 Å². The molecular weight excluding hydrogens is 343 g/mol. The molecule has 0 spiro atoms. The summed E-state index contributed by atoms with van der Waals surface area (Å²) in [6.45, 7) is 5.84. The largest absolute Gasteiger partial charge is 0.341 e. The van der Waals surface area contributed by atoms with Crippen LogP contribution >= 0.6 is 24.0 Å². The van der Waals surface area contributed by atoms with Gasteiger partial charge in [-0.15, -0.1) is 12.4 Å². The number of carbonyl (C=O) groups is 1. The number of amides is 1. The van der Waals surface area contributed by atoms with Crippen LogP contribution in [0.25, 0.3) is 0 Å². The van der Waals surface area contributed by atoms with E-state index < -0.39 is 0 Å². The number of piperidine rings is 1. The van der Waals surface area contributed by atoms with E-state index in [-0.39, 0.29) is 35.2 Å². The number of nitrogens with two attached hydrogens (primary N) is 1. The molecule has 1 atom stereocenters. The molecule has 3 rings (SSSR count). The highest BCUT2D eigenvalue weighted by Crippen LogP contribution is 2.44. The summed E-state index contributed by atoms with van der Waals surface area (Å²) in [7, 11) is 0. The van der Waals surface area contributed by atoms with E-state index >= 15 is 0 Å². The van der Waals surface area contributed by atoms with Crippen LogP contribution in [0.15, 0.2) is 24.3 Å². The number of carbonyl (C=O) groups excluding carboxylic acids is 1. The van der Waals surface area contributed by atoms with Crippen LogP contribution in [0.2, 0.25) is 5.02 Å². The van der Waals surface area contributed by atoms with E-state index in [0.717, 1.165) is 50.8 Å². The Hall–Kier alpha value is -0.770. The molecule has 0 aromatic heterocycles. The highest BCUT2D eigenvalue weighted by Gasteiger charge is 2.47. The Labute approximate surface area is 156 Å². The van der Waals surface area contributed by atoms with E-state index in [1.807, 2.05) is 18.2 Å². The fraction of sp³-hybridized carbons (Fsp3) is 0.632. The quantitative estimate of drug-likeness (QED) is 0.849. The third-order valence-corrected chi connectivity index (χ3v) is 6.08. The molecule has 5 heteroatoms. The third-order valence-electron chi connectivity index (χ3n) is 5.84. The van der Waals surface area contributed by atoms with Gasteiger partial charge < -0.3 is 10.6 Å². The van der Waals surface area contributed by atoms with Gasteiger partial charge in [0, 0.05) is 24.2 Å². The molecule has 1 saturated carbocycles. The molecule has 1 saturated heterocycles. The summed E-state index contributed by atoms with van der Waals surface area (Å²) in [5.74, 6) is 0.275. The summed E-state index contributed by atoms with van der Waals surface area (Å²) in [6.07, 6.45) is 4.94. The minimum atomic E-state index is -0.386. The average molecular weight is 371 g/mol. The van der Waals surface area contributed by atoms with Gasteiger partial charge in [0.1, 0.15) is 0 Å². The van der Waals surface area contributed by atoms with Crippen molar-refractivity contribution in [2.24, 2.45) is 11.1 Å². The van der Waals surface area contributed by atoms with E-state index in [1.165, 1.54) is 0 Å². The maximum atomic E-state index is 13.5. The van der Waals surface area contributed by atoms with Gasteiger partial charge in [0.15, 0.2) is 0 Å². The maximum absolute atomic E-state index is 13.5. The standard InChI is InChI=1S/C19H27ClN2O.ClH/c1-18(2)13-22(11-8-16(18)21)17(23)19(9-3-4-10-19)14-6-5-7-15(20)12-14;/h5-7,12,16H,3-4,8-11,13,21H2,1-2H3;1H. The predicted molar refractivity (Wildman–Crippen MR) is 102 cm³/mol. The van der Waals surface area contributed by atoms with E-state index in [4.69, 9.17) is 17.3 Å². The predicted octanol–water partition coefficient (Wildman–Crippen LogP) is 4.16. The van der Waals surface area contributed by atoms with Crippen LogP contribution in [0.3, 0.4) is 0 Å². The average Bonchev–Trinajstić information content (AvgIpc) is 3.00. The fourth-order valence-corrected chi connectivity index (χ4v) is 4.43. The molecule has 1 amide bonds. The molecule has 1 aromatic rings. The number of hydrogen-bond acceptors (Lipinski definition) is 2. The Kier molecular flexibility index (Phi) is 5.89. The highest BCUT2D eigenvalue weighted by atomic mass is 35.5. The summed E-state index contributed by atoms with van der Waals surface area (Å²) in [5, 5.41) is 0.711. The number of hydrogen-bond donors (Lipinski definition) is 1. The molecule has 1 aliphatic carbocycles. The SMILES string of the molecule is CC1(C)CN(C(=O)C2(c3cccc(Cl)c3)CCCC2)CCC1N.Cl. The molecule has 1 heterocycles. The zero-order valence-electron chi connectivity index (χ0n) is 14.6. The van der Waals surface area contributed by atoms with Crippen molar-refractivity contribution in [3.05, 3.63) is 34.9 Å². The van der Waals surface area contributed by atoms with Gasteiger partial charge in [-0.05, 0) is 42.4 Å². The van der Waals surface area contributed by atoms with Gasteiger partial charge in [0.05, 0.1) is 5.41 Å². The van der Waals surface area contributed by atoms with Gasteiger partial charge in [-0.3, -0.25) is 4.79 Å². The Morgan fingerprint density at radius 2 is 1.96 bits per heavy atom. The second-order valence-corrected chi connectivity index (χ2v) is 8.35. The van der Waals surface area contributed by atoms with E-state index in [0.29, 0.717) is 5.02 Å². The van der Waals surface area contributed by atoms with Crippen molar-refractivity contribution in [2.45, 2.75) is 57.4 Å². The van der Waals surface area contributed by atoms with Gasteiger partial charge in [-0.25, -0.2) is 0 Å². The molecule has 3 nitrogen and oxygen atoms in total. The lowest BCUT2D eigenvalue weighted by atomic mass is 9.75. The molecule has 2 aliphatic rings. The van der Waals surface area contributed by atoms with Gasteiger partial charge in [0.25, 0.3) is 0 Å². The van der Waals surface area contributed by atoms with Crippen molar-refractivity contribution in [3.8, 4) is 0 Å². The van der Waals surface area contributed by atoms with Crippen LogP contribution < -0.4 is 5.73 Å². The second kappa shape index (κ2) is 7.23. The van der Waals surface area contributed by atoms with Crippen LogP contribution in [0.4, 0.5) is 0 Å². The zero-order valence-corrected chi connectivity index (χ0v) is 16.1. The molecule has 134 valence electrons. The highest BCUT2D eigenvalue weighted by molar-refractivity contribution is 6.30. The molecule has 1 aromatic carbocycles. The zero-order chi connectivity index (χ0) is 16.7. The molecule has 0 bridgehead atoms. The summed E-state index contributed by atoms with van der Waals surface area (Å²) in [5.41, 5.74) is 6.91. The Balaban J connectivity index is 0.00000208. The Morgan fingerprint density at radius 1 is 1.29 bits per heavy atom. The van der Waals surface area contributed by atoms with Crippen LogP contribution in [0, 0.1) is 5.41 Å². The lowest BCUT2D eigenvalue weighted by Crippen LogP contribution is -2.57. The van der Waals surface area contributed by atoms with Crippen LogP contribution in [-0.4, -0.2) is 29.9 Å². The van der Waals surface area contributed by atoms with Crippen molar-refractivity contribution in [1.29, 1.82) is 0 Å². The first-order valence-electron chi connectivity index (χ1n) is 8.66. The van der Waals surface area contributed by atoms with Crippen LogP contribution in [0.1, 0.15) is 51.5 Å². The normalized spacial score (nSPS) is 25.2. The minimum absolute atomic E-state index is 0. The molecule has 24 heavy (non-hydrogen) atoms. The monoisotopic (exact) mass is 370 g/mol. The third kappa shape index (κ3) is 3.44. The summed E-state index contributed by atoms with van der Waals surface area (Å²) < 4.78 is 0. The van der Waals surface area contributed by atoms with Gasteiger partial charge >= 0.3 is 0 Å². The number of rotatable bonds is 2. The number of benzene rings is 1. The summed E-state index contributed by atoms with van der Waals surface area (Å²) in [4.78, 5) is 15.5. The first kappa shape index (κ1) is 19.6. The van der Waals surface area contributed by atoms with E-state index in [1.54, 1.807) is 0 Å². The van der Waals surface area contributed by atoms with Crippen molar-refractivity contribution in [1.82, 2.24) is 4.90 Å². The van der Waals surface area contributed by atoms with Gasteiger partial charge in [0.2, 0.25) is 5.91 Å². The second-order valence-electron chi connectivity index (χ2n) is 7.91. The first-order valence-corrected chi connectivity index (χ1v) is 9.04. The molecule has 2 N–H and O–H groups in total. The molecule has 2 fully saturated rings. The lowest BCUT2D eigenvalue weighted by molar-refractivity contribution is -0.140. The van der Waals surface area contributed by atoms with Gasteiger partial charge in [-0.1, -0.05) is 50.4 Å². The van der Waals surface area contributed by atoms with Crippen LogP contribution in [0.5, 0.6) is 0 Å². The van der Waals surface area contributed by atoms with Crippen molar-refractivity contribution >= 4 is 29.9 Å². The van der Waals surface area contributed by atoms with Crippen molar-refractivity contribution in [3.63, 3.8) is 0 Å². The molecule has 1 aliphatic heterocycles. The first-order chi connectivity index (χ1) is 10.8. The van der Waals surface area contributed by atoms with Crippen LogP contribution in [-0.2, 0) is 10.2 Å². The van der Waals surface area contributed by atoms with E-state index in [2.05, 4.69) is 24.8 Å². The number of likely N-dealkylation sites (tertiary alicyclic amines) is 1. The minimum Gasteiger partial charge on any atom is -0.341 e. The smallest absolute Gasteiger partial charge is 0.233 e. The lowest BCUT2D eigenvalue weighted by Gasteiger charge is -2.45. The molecule has 0 radical (unpaired) electrons. The number of halogens is 2. The van der Waals surface area contributed by atoms with Crippen molar-refractivity contribution in [2.75, 3.05) is 13.1 Å². The number of nitrogens with zero attached hydrogens (tertiary/aromatic N) is 1. The molecule has 1 unspecified atom stereocenters. The summed E-state index contributed by atoms with van der Waals surface area (Å²) >= 11 is 6.20. The maximum Gasteiger partial charge on any atom is 0.233 e.